The van der Waals surface area contributed by atoms with E-state index >= 15 is 0 Å². The number of hydrogen-bond acceptors (Lipinski definition) is 2. The van der Waals surface area contributed by atoms with Crippen LogP contribution in [-0.2, 0) is 6.54 Å². The number of aromatic nitrogens is 2. The maximum Gasteiger partial charge on any atom is 0.0664 e. The molecule has 1 unspecified atom stereocenters. The highest BCUT2D eigenvalue weighted by Gasteiger charge is 2.24. The SMILES string of the molecule is CN1Cc2ccccc2C(c2ccn3nccc3c2)C1. The molecule has 1 aliphatic heterocycles. The van der Waals surface area contributed by atoms with Crippen LogP contribution in [0.2, 0.25) is 0 Å². The summed E-state index contributed by atoms with van der Waals surface area (Å²) in [7, 11) is 2.19. The third kappa shape index (κ3) is 1.82. The van der Waals surface area contributed by atoms with Crippen LogP contribution in [0.4, 0.5) is 0 Å². The average molecular weight is 263 g/mol. The molecule has 0 amide bonds. The molecule has 1 aromatic carbocycles. The van der Waals surface area contributed by atoms with Gasteiger partial charge < -0.3 is 4.90 Å². The first kappa shape index (κ1) is 11.7. The first-order valence-electron chi connectivity index (χ1n) is 7.01. The van der Waals surface area contributed by atoms with E-state index in [-0.39, 0.29) is 0 Å². The summed E-state index contributed by atoms with van der Waals surface area (Å²) in [5, 5.41) is 4.27. The van der Waals surface area contributed by atoms with Crippen molar-refractivity contribution in [3.05, 3.63) is 71.5 Å². The van der Waals surface area contributed by atoms with Crippen molar-refractivity contribution in [2.24, 2.45) is 0 Å². The Morgan fingerprint density at radius 2 is 2.05 bits per heavy atom. The Morgan fingerprint density at radius 1 is 1.15 bits per heavy atom. The number of benzene rings is 1. The lowest BCUT2D eigenvalue weighted by atomic mass is 9.85. The van der Waals surface area contributed by atoms with Crippen molar-refractivity contribution >= 4 is 5.52 Å². The molecule has 3 heteroatoms. The van der Waals surface area contributed by atoms with Crippen LogP contribution in [0.15, 0.2) is 54.9 Å². The molecule has 3 nitrogen and oxygen atoms in total. The van der Waals surface area contributed by atoms with E-state index in [1.807, 2.05) is 10.7 Å². The van der Waals surface area contributed by atoms with Crippen LogP contribution in [-0.4, -0.2) is 28.1 Å². The minimum atomic E-state index is 0.449. The highest BCUT2D eigenvalue weighted by Crippen LogP contribution is 2.33. The molecule has 0 N–H and O–H groups in total. The van der Waals surface area contributed by atoms with Gasteiger partial charge in [-0.3, -0.25) is 0 Å². The fraction of sp³-hybridized carbons (Fsp3) is 0.235. The number of likely N-dealkylation sites (N-methyl/N-ethyl adjacent to an activating group) is 1. The zero-order valence-corrected chi connectivity index (χ0v) is 11.5. The maximum atomic E-state index is 4.27. The molecular formula is C17H17N3. The summed E-state index contributed by atoms with van der Waals surface area (Å²) in [6.07, 6.45) is 3.90. The number of pyridine rings is 1. The maximum absolute atomic E-state index is 4.27. The monoisotopic (exact) mass is 263 g/mol. The molecule has 0 saturated carbocycles. The van der Waals surface area contributed by atoms with Crippen molar-refractivity contribution < 1.29 is 0 Å². The lowest BCUT2D eigenvalue weighted by Crippen LogP contribution is -2.30. The fourth-order valence-corrected chi connectivity index (χ4v) is 3.22. The van der Waals surface area contributed by atoms with Crippen LogP contribution < -0.4 is 0 Å². The fourth-order valence-electron chi connectivity index (χ4n) is 3.22. The normalized spacial score (nSPS) is 19.1. The van der Waals surface area contributed by atoms with Gasteiger partial charge in [0.2, 0.25) is 0 Å². The van der Waals surface area contributed by atoms with E-state index in [1.165, 1.54) is 16.7 Å². The topological polar surface area (TPSA) is 20.5 Å². The quantitative estimate of drug-likeness (QED) is 0.673. The zero-order valence-electron chi connectivity index (χ0n) is 11.5. The molecule has 1 atom stereocenters. The molecule has 2 aromatic heterocycles. The van der Waals surface area contributed by atoms with Crippen LogP contribution in [0.1, 0.15) is 22.6 Å². The molecule has 0 saturated heterocycles. The summed E-state index contributed by atoms with van der Waals surface area (Å²) >= 11 is 0. The Balaban J connectivity index is 1.84. The van der Waals surface area contributed by atoms with E-state index in [1.54, 1.807) is 0 Å². The summed E-state index contributed by atoms with van der Waals surface area (Å²) in [5.41, 5.74) is 5.44. The Bertz CT molecular complexity index is 760. The summed E-state index contributed by atoms with van der Waals surface area (Å²) in [6, 6.07) is 15.3. The number of fused-ring (bicyclic) bond motifs is 2. The van der Waals surface area contributed by atoms with Gasteiger partial charge in [0.25, 0.3) is 0 Å². The van der Waals surface area contributed by atoms with Crippen LogP contribution >= 0.6 is 0 Å². The van der Waals surface area contributed by atoms with Gasteiger partial charge in [0.1, 0.15) is 0 Å². The van der Waals surface area contributed by atoms with Gasteiger partial charge in [0.05, 0.1) is 5.52 Å². The lowest BCUT2D eigenvalue weighted by Gasteiger charge is -2.32. The Hall–Kier alpha value is -2.13. The minimum absolute atomic E-state index is 0.449. The predicted molar refractivity (Wildman–Crippen MR) is 79.8 cm³/mol. The largest absolute Gasteiger partial charge is 0.301 e. The second-order valence-corrected chi connectivity index (χ2v) is 5.61. The molecule has 3 heterocycles. The molecule has 0 aliphatic carbocycles. The number of rotatable bonds is 1. The standard InChI is InChI=1S/C17H17N3/c1-19-11-14-4-2-3-5-16(14)17(12-19)13-7-9-20-15(10-13)6-8-18-20/h2-10,17H,11-12H2,1H3. The van der Waals surface area contributed by atoms with E-state index < -0.39 is 0 Å². The van der Waals surface area contributed by atoms with Crippen molar-refractivity contribution in [3.8, 4) is 0 Å². The van der Waals surface area contributed by atoms with Crippen LogP contribution in [0.5, 0.6) is 0 Å². The van der Waals surface area contributed by atoms with Gasteiger partial charge in [-0.2, -0.15) is 5.10 Å². The van der Waals surface area contributed by atoms with Crippen molar-refractivity contribution in [2.75, 3.05) is 13.6 Å². The molecule has 100 valence electrons. The highest BCUT2D eigenvalue weighted by atomic mass is 15.2. The molecule has 0 spiro atoms. The van der Waals surface area contributed by atoms with Gasteiger partial charge in [-0.25, -0.2) is 4.52 Å². The summed E-state index contributed by atoms with van der Waals surface area (Å²) in [5.74, 6) is 0.449. The first-order chi connectivity index (χ1) is 9.81. The van der Waals surface area contributed by atoms with E-state index in [9.17, 15) is 0 Å². The van der Waals surface area contributed by atoms with Gasteiger partial charge in [-0.05, 0) is 41.9 Å². The van der Waals surface area contributed by atoms with Crippen molar-refractivity contribution in [3.63, 3.8) is 0 Å². The molecular weight excluding hydrogens is 246 g/mol. The molecule has 3 aromatic rings. The van der Waals surface area contributed by atoms with Gasteiger partial charge in [-0.15, -0.1) is 0 Å². The summed E-state index contributed by atoms with van der Waals surface area (Å²) < 4.78 is 1.92. The zero-order chi connectivity index (χ0) is 13.5. The smallest absolute Gasteiger partial charge is 0.0664 e. The van der Waals surface area contributed by atoms with Crippen molar-refractivity contribution in [2.45, 2.75) is 12.5 Å². The van der Waals surface area contributed by atoms with E-state index in [0.29, 0.717) is 5.92 Å². The van der Waals surface area contributed by atoms with Gasteiger partial charge >= 0.3 is 0 Å². The second-order valence-electron chi connectivity index (χ2n) is 5.61. The highest BCUT2D eigenvalue weighted by molar-refractivity contribution is 5.51. The third-order valence-electron chi connectivity index (χ3n) is 4.19. The molecule has 0 bridgehead atoms. The summed E-state index contributed by atoms with van der Waals surface area (Å²) in [4.78, 5) is 2.40. The molecule has 0 radical (unpaired) electrons. The minimum Gasteiger partial charge on any atom is -0.301 e. The Kier molecular flexibility index (Phi) is 2.60. The lowest BCUT2D eigenvalue weighted by molar-refractivity contribution is 0.295. The van der Waals surface area contributed by atoms with Gasteiger partial charge in [0.15, 0.2) is 0 Å². The van der Waals surface area contributed by atoms with Gasteiger partial charge in [0, 0.05) is 31.4 Å². The van der Waals surface area contributed by atoms with E-state index in [4.69, 9.17) is 0 Å². The molecule has 0 fully saturated rings. The van der Waals surface area contributed by atoms with Crippen molar-refractivity contribution in [1.82, 2.24) is 14.5 Å². The Morgan fingerprint density at radius 3 is 3.00 bits per heavy atom. The number of nitrogens with zero attached hydrogens (tertiary/aromatic N) is 3. The van der Waals surface area contributed by atoms with Crippen LogP contribution in [0.3, 0.4) is 0 Å². The molecule has 20 heavy (non-hydrogen) atoms. The van der Waals surface area contributed by atoms with E-state index in [2.05, 4.69) is 65.7 Å². The predicted octanol–water partition coefficient (Wildman–Crippen LogP) is 2.91. The van der Waals surface area contributed by atoms with Crippen molar-refractivity contribution in [1.29, 1.82) is 0 Å². The number of hydrogen-bond donors (Lipinski definition) is 0. The average Bonchev–Trinajstić information content (AvgIpc) is 2.93. The van der Waals surface area contributed by atoms with Gasteiger partial charge in [-0.1, -0.05) is 24.3 Å². The van der Waals surface area contributed by atoms with Crippen LogP contribution in [0.25, 0.3) is 5.52 Å². The summed E-state index contributed by atoms with van der Waals surface area (Å²) in [6.45, 7) is 2.11. The second kappa shape index (κ2) is 4.46. The Labute approximate surface area is 118 Å². The first-order valence-corrected chi connectivity index (χ1v) is 7.01. The molecule has 1 aliphatic rings. The molecule has 4 rings (SSSR count). The van der Waals surface area contributed by atoms with Crippen LogP contribution in [0, 0.1) is 0 Å². The third-order valence-corrected chi connectivity index (χ3v) is 4.19. The van der Waals surface area contributed by atoms with E-state index in [0.717, 1.165) is 18.6 Å².